The minimum atomic E-state index is 0.00460. The smallest absolute Gasteiger partial charge is 0.252 e. The van der Waals surface area contributed by atoms with Gasteiger partial charge >= 0.3 is 0 Å². The normalized spacial score (nSPS) is 15.9. The summed E-state index contributed by atoms with van der Waals surface area (Å²) in [6, 6.07) is 5.81. The van der Waals surface area contributed by atoms with Gasteiger partial charge in [-0.15, -0.1) is 0 Å². The van der Waals surface area contributed by atoms with E-state index in [0.717, 1.165) is 53.7 Å². The molecule has 2 N–H and O–H groups in total. The van der Waals surface area contributed by atoms with Crippen molar-refractivity contribution in [2.45, 2.75) is 32.3 Å². The molecule has 1 fully saturated rings. The highest BCUT2D eigenvalue weighted by molar-refractivity contribution is 14.1. The number of rotatable bonds is 6. The molecule has 1 aliphatic rings. The summed E-state index contributed by atoms with van der Waals surface area (Å²) < 4.78 is 6.85. The van der Waals surface area contributed by atoms with Crippen LogP contribution in [0.4, 0.5) is 0 Å². The van der Waals surface area contributed by atoms with E-state index in [2.05, 4.69) is 33.2 Å². The van der Waals surface area contributed by atoms with Gasteiger partial charge in [-0.1, -0.05) is 12.1 Å². The van der Waals surface area contributed by atoms with Crippen LogP contribution < -0.4 is 10.6 Å². The van der Waals surface area contributed by atoms with Crippen molar-refractivity contribution in [2.75, 3.05) is 26.2 Å². The summed E-state index contributed by atoms with van der Waals surface area (Å²) in [5, 5.41) is 6.29. The molecular formula is C16H23IN2O2. The fourth-order valence-corrected chi connectivity index (χ4v) is 3.01. The fraction of sp³-hybridized carbons (Fsp3) is 0.562. The molecule has 0 radical (unpaired) electrons. The summed E-state index contributed by atoms with van der Waals surface area (Å²) in [4.78, 5) is 12.1. The van der Waals surface area contributed by atoms with Crippen molar-refractivity contribution < 1.29 is 9.53 Å². The van der Waals surface area contributed by atoms with E-state index in [1.54, 1.807) is 0 Å². The van der Waals surface area contributed by atoms with Crippen LogP contribution >= 0.6 is 22.6 Å². The number of halogens is 1. The minimum absolute atomic E-state index is 0.00460. The zero-order valence-electron chi connectivity index (χ0n) is 12.5. The average molecular weight is 402 g/mol. The number of carbonyl (C=O) groups excluding carboxylic acids is 1. The SMILES string of the molecule is Cc1cccc(C(=O)NCCCOC2CCNCC2)c1I. The lowest BCUT2D eigenvalue weighted by atomic mass is 10.1. The number of carbonyl (C=O) groups is 1. The predicted octanol–water partition coefficient (Wildman–Crippen LogP) is 2.49. The average Bonchev–Trinajstić information content (AvgIpc) is 2.50. The van der Waals surface area contributed by atoms with Crippen molar-refractivity contribution in [3.63, 3.8) is 0 Å². The first kappa shape index (κ1) is 16.7. The molecule has 0 unspecified atom stereocenters. The van der Waals surface area contributed by atoms with Crippen LogP contribution in [0.5, 0.6) is 0 Å². The summed E-state index contributed by atoms with van der Waals surface area (Å²) in [5.74, 6) is 0.00460. The molecule has 1 heterocycles. The van der Waals surface area contributed by atoms with Crippen molar-refractivity contribution in [2.24, 2.45) is 0 Å². The lowest BCUT2D eigenvalue weighted by Gasteiger charge is -2.22. The summed E-state index contributed by atoms with van der Waals surface area (Å²) in [7, 11) is 0. The first-order chi connectivity index (χ1) is 10.2. The maximum absolute atomic E-state index is 12.1. The highest BCUT2D eigenvalue weighted by Crippen LogP contribution is 2.16. The molecule has 1 aromatic rings. The third-order valence-corrected chi connectivity index (χ3v) is 5.11. The van der Waals surface area contributed by atoms with Gasteiger partial charge in [-0.25, -0.2) is 0 Å². The van der Waals surface area contributed by atoms with E-state index in [4.69, 9.17) is 4.74 Å². The second-order valence-electron chi connectivity index (χ2n) is 5.37. The van der Waals surface area contributed by atoms with E-state index in [-0.39, 0.29) is 5.91 Å². The summed E-state index contributed by atoms with van der Waals surface area (Å²) >= 11 is 2.23. The number of amides is 1. The molecule has 21 heavy (non-hydrogen) atoms. The Kier molecular flexibility index (Phi) is 6.92. The van der Waals surface area contributed by atoms with Crippen LogP contribution in [0.2, 0.25) is 0 Å². The first-order valence-corrected chi connectivity index (χ1v) is 8.62. The molecule has 116 valence electrons. The second-order valence-corrected chi connectivity index (χ2v) is 6.44. The number of piperidine rings is 1. The number of nitrogens with one attached hydrogen (secondary N) is 2. The van der Waals surface area contributed by atoms with E-state index in [1.165, 1.54) is 0 Å². The number of aryl methyl sites for hydroxylation is 1. The Balaban J connectivity index is 1.66. The monoisotopic (exact) mass is 402 g/mol. The van der Waals surface area contributed by atoms with Crippen molar-refractivity contribution in [1.29, 1.82) is 0 Å². The van der Waals surface area contributed by atoms with Gasteiger partial charge in [0.1, 0.15) is 0 Å². The minimum Gasteiger partial charge on any atom is -0.378 e. The van der Waals surface area contributed by atoms with Crippen molar-refractivity contribution >= 4 is 28.5 Å². The van der Waals surface area contributed by atoms with Crippen LogP contribution in [0.3, 0.4) is 0 Å². The molecule has 2 rings (SSSR count). The van der Waals surface area contributed by atoms with Crippen LogP contribution in [0.25, 0.3) is 0 Å². The molecule has 0 aliphatic carbocycles. The molecule has 0 aromatic heterocycles. The van der Waals surface area contributed by atoms with E-state index >= 15 is 0 Å². The summed E-state index contributed by atoms with van der Waals surface area (Å²) in [6.45, 7) is 5.50. The zero-order valence-corrected chi connectivity index (χ0v) is 14.6. The second kappa shape index (κ2) is 8.70. The molecule has 5 heteroatoms. The van der Waals surface area contributed by atoms with Gasteiger partial charge < -0.3 is 15.4 Å². The van der Waals surface area contributed by atoms with Crippen molar-refractivity contribution in [3.05, 3.63) is 32.9 Å². The van der Waals surface area contributed by atoms with E-state index in [9.17, 15) is 4.79 Å². The molecular weight excluding hydrogens is 379 g/mol. The Morgan fingerprint density at radius 3 is 2.95 bits per heavy atom. The topological polar surface area (TPSA) is 50.4 Å². The standard InChI is InChI=1S/C16H23IN2O2/c1-12-4-2-5-14(15(12)17)16(20)19-8-3-11-21-13-6-9-18-10-7-13/h2,4-5,13,18H,3,6-11H2,1H3,(H,19,20). The molecule has 0 spiro atoms. The van der Waals surface area contributed by atoms with Crippen LogP contribution in [0.1, 0.15) is 35.2 Å². The third-order valence-electron chi connectivity index (χ3n) is 3.68. The number of benzene rings is 1. The maximum atomic E-state index is 12.1. The summed E-state index contributed by atoms with van der Waals surface area (Å²) in [6.07, 6.45) is 3.43. The third kappa shape index (κ3) is 5.23. The quantitative estimate of drug-likeness (QED) is 0.568. The van der Waals surface area contributed by atoms with E-state index in [0.29, 0.717) is 12.6 Å². The Bertz CT molecular complexity index is 473. The number of hydrogen-bond acceptors (Lipinski definition) is 3. The van der Waals surface area contributed by atoms with Gasteiger partial charge in [-0.2, -0.15) is 0 Å². The molecule has 1 aromatic carbocycles. The molecule has 0 atom stereocenters. The van der Waals surface area contributed by atoms with Gasteiger partial charge in [0, 0.05) is 16.7 Å². The zero-order chi connectivity index (χ0) is 15.1. The van der Waals surface area contributed by atoms with Crippen LogP contribution in [-0.2, 0) is 4.74 Å². The Morgan fingerprint density at radius 2 is 2.19 bits per heavy atom. The number of ether oxygens (including phenoxy) is 1. The van der Waals surface area contributed by atoms with Gasteiger partial charge in [-0.3, -0.25) is 4.79 Å². The molecule has 4 nitrogen and oxygen atoms in total. The van der Waals surface area contributed by atoms with Crippen LogP contribution in [0, 0.1) is 10.5 Å². The maximum Gasteiger partial charge on any atom is 0.252 e. The lowest BCUT2D eigenvalue weighted by Crippen LogP contribution is -2.33. The van der Waals surface area contributed by atoms with Gasteiger partial charge in [-0.05, 0) is 73.5 Å². The number of hydrogen-bond donors (Lipinski definition) is 2. The van der Waals surface area contributed by atoms with Gasteiger partial charge in [0.25, 0.3) is 5.91 Å². The molecule has 1 aliphatic heterocycles. The van der Waals surface area contributed by atoms with Gasteiger partial charge in [0.2, 0.25) is 0 Å². The molecule has 0 saturated carbocycles. The van der Waals surface area contributed by atoms with E-state index in [1.807, 2.05) is 25.1 Å². The van der Waals surface area contributed by atoms with Gasteiger partial charge in [0.05, 0.1) is 11.7 Å². The summed E-state index contributed by atoms with van der Waals surface area (Å²) in [5.41, 5.74) is 1.90. The molecule has 0 bridgehead atoms. The lowest BCUT2D eigenvalue weighted by molar-refractivity contribution is 0.0318. The molecule has 1 amide bonds. The van der Waals surface area contributed by atoms with Crippen molar-refractivity contribution in [3.8, 4) is 0 Å². The molecule has 1 saturated heterocycles. The highest BCUT2D eigenvalue weighted by atomic mass is 127. The van der Waals surface area contributed by atoms with E-state index < -0.39 is 0 Å². The first-order valence-electron chi connectivity index (χ1n) is 7.54. The Hall–Kier alpha value is -0.660. The highest BCUT2D eigenvalue weighted by Gasteiger charge is 2.13. The fourth-order valence-electron chi connectivity index (χ4n) is 2.40. The van der Waals surface area contributed by atoms with Crippen molar-refractivity contribution in [1.82, 2.24) is 10.6 Å². The predicted molar refractivity (Wildman–Crippen MR) is 92.7 cm³/mol. The Labute approximate surface area is 140 Å². The van der Waals surface area contributed by atoms with Crippen LogP contribution in [0.15, 0.2) is 18.2 Å². The van der Waals surface area contributed by atoms with Crippen LogP contribution in [-0.4, -0.2) is 38.3 Å². The van der Waals surface area contributed by atoms with Gasteiger partial charge in [0.15, 0.2) is 0 Å². The largest absolute Gasteiger partial charge is 0.378 e. The Morgan fingerprint density at radius 1 is 1.43 bits per heavy atom.